The predicted octanol–water partition coefficient (Wildman–Crippen LogP) is 4.09. The Bertz CT molecular complexity index is 692. The summed E-state index contributed by atoms with van der Waals surface area (Å²) in [5.74, 6) is 0.824. The Morgan fingerprint density at radius 2 is 2.07 bits per heavy atom. The van der Waals surface area contributed by atoms with Gasteiger partial charge < -0.3 is 15.1 Å². The fourth-order valence-electron chi connectivity index (χ4n) is 4.00. The highest BCUT2D eigenvalue weighted by Gasteiger charge is 2.29. The van der Waals surface area contributed by atoms with Crippen LogP contribution in [0.5, 0.6) is 0 Å². The van der Waals surface area contributed by atoms with E-state index in [1.165, 1.54) is 0 Å². The lowest BCUT2D eigenvalue weighted by molar-refractivity contribution is -0.119. The van der Waals surface area contributed by atoms with Gasteiger partial charge in [0.2, 0.25) is 5.91 Å². The Morgan fingerprint density at radius 1 is 1.26 bits per heavy atom. The molecule has 0 unspecified atom stereocenters. The standard InChI is InChI=1S/C21H30ClN3O2/c1-15(2)13-23-21(27)24-9-3-5-16(14-24)11-20(26)25-10-4-6-17-12-18(22)7-8-19(17)25/h7-8,12,15-16H,3-6,9-11,13-14H2,1-2H3,(H,23,27)/t16-/m1/s1. The molecule has 0 saturated carbocycles. The molecule has 1 aromatic carbocycles. The van der Waals surface area contributed by atoms with Crippen LogP contribution in [0.4, 0.5) is 10.5 Å². The topological polar surface area (TPSA) is 52.7 Å². The van der Waals surface area contributed by atoms with Crippen LogP contribution in [0.1, 0.15) is 45.1 Å². The van der Waals surface area contributed by atoms with Crippen LogP contribution in [0.15, 0.2) is 18.2 Å². The number of carbonyl (C=O) groups excluding carboxylic acids is 2. The zero-order valence-electron chi connectivity index (χ0n) is 16.3. The second-order valence-corrected chi connectivity index (χ2v) is 8.60. The van der Waals surface area contributed by atoms with Crippen LogP contribution in [0.25, 0.3) is 0 Å². The number of urea groups is 1. The van der Waals surface area contributed by atoms with Gasteiger partial charge in [0.1, 0.15) is 0 Å². The van der Waals surface area contributed by atoms with Gasteiger partial charge in [0.25, 0.3) is 0 Å². The van der Waals surface area contributed by atoms with Gasteiger partial charge in [-0.3, -0.25) is 4.79 Å². The summed E-state index contributed by atoms with van der Waals surface area (Å²) in [6.07, 6.45) is 4.39. The molecule has 1 aromatic rings. The molecule has 0 aromatic heterocycles. The number of hydrogen-bond donors (Lipinski definition) is 1. The fraction of sp³-hybridized carbons (Fsp3) is 0.619. The molecule has 5 nitrogen and oxygen atoms in total. The summed E-state index contributed by atoms with van der Waals surface area (Å²) in [6, 6.07) is 5.78. The van der Waals surface area contributed by atoms with Crippen molar-refractivity contribution in [2.75, 3.05) is 31.1 Å². The lowest BCUT2D eigenvalue weighted by Crippen LogP contribution is -2.47. The zero-order valence-corrected chi connectivity index (χ0v) is 17.1. The molecule has 6 heteroatoms. The average molecular weight is 392 g/mol. The van der Waals surface area contributed by atoms with Crippen molar-refractivity contribution in [1.29, 1.82) is 0 Å². The molecule has 1 N–H and O–H groups in total. The summed E-state index contributed by atoms with van der Waals surface area (Å²) < 4.78 is 0. The first-order valence-corrected chi connectivity index (χ1v) is 10.4. The minimum atomic E-state index is -0.00110. The number of nitrogens with one attached hydrogen (secondary N) is 1. The van der Waals surface area contributed by atoms with Crippen molar-refractivity contribution in [3.63, 3.8) is 0 Å². The third-order valence-corrected chi connectivity index (χ3v) is 5.63. The Balaban J connectivity index is 1.59. The number of halogens is 1. The van der Waals surface area contributed by atoms with Gasteiger partial charge in [-0.05, 0) is 61.3 Å². The molecule has 148 valence electrons. The number of likely N-dealkylation sites (tertiary alicyclic amines) is 1. The third kappa shape index (κ3) is 5.16. The summed E-state index contributed by atoms with van der Waals surface area (Å²) >= 11 is 6.10. The van der Waals surface area contributed by atoms with E-state index in [1.54, 1.807) is 0 Å². The van der Waals surface area contributed by atoms with E-state index >= 15 is 0 Å². The molecule has 27 heavy (non-hydrogen) atoms. The highest BCUT2D eigenvalue weighted by atomic mass is 35.5. The van der Waals surface area contributed by atoms with E-state index in [0.717, 1.165) is 55.0 Å². The molecule has 0 radical (unpaired) electrons. The first-order valence-electron chi connectivity index (χ1n) is 10.1. The van der Waals surface area contributed by atoms with Crippen molar-refractivity contribution in [2.24, 2.45) is 11.8 Å². The summed E-state index contributed by atoms with van der Waals surface area (Å²) in [7, 11) is 0. The number of anilines is 1. The van der Waals surface area contributed by atoms with Gasteiger partial charge in [0.05, 0.1) is 0 Å². The molecule has 3 rings (SSSR count). The average Bonchev–Trinajstić information content (AvgIpc) is 2.65. The normalized spacial score (nSPS) is 19.8. The largest absolute Gasteiger partial charge is 0.338 e. The molecule has 0 aliphatic carbocycles. The number of nitrogens with zero attached hydrogens (tertiary/aromatic N) is 2. The molecule has 1 fully saturated rings. The number of piperidine rings is 1. The second kappa shape index (κ2) is 8.96. The van der Waals surface area contributed by atoms with E-state index in [2.05, 4.69) is 19.2 Å². The minimum Gasteiger partial charge on any atom is -0.338 e. The van der Waals surface area contributed by atoms with E-state index in [4.69, 9.17) is 11.6 Å². The van der Waals surface area contributed by atoms with E-state index in [-0.39, 0.29) is 17.9 Å². The SMILES string of the molecule is CC(C)CNC(=O)N1CCC[C@H](CC(=O)N2CCCc3cc(Cl)ccc32)C1. The quantitative estimate of drug-likeness (QED) is 0.840. The van der Waals surface area contributed by atoms with Crippen molar-refractivity contribution in [2.45, 2.75) is 46.0 Å². The van der Waals surface area contributed by atoms with E-state index in [0.29, 0.717) is 25.4 Å². The molecule has 3 amide bonds. The Hall–Kier alpha value is -1.75. The Kier molecular flexibility index (Phi) is 6.64. The first-order chi connectivity index (χ1) is 12.9. The maximum Gasteiger partial charge on any atom is 0.317 e. The van der Waals surface area contributed by atoms with Crippen LogP contribution in [0, 0.1) is 11.8 Å². The van der Waals surface area contributed by atoms with Gasteiger partial charge in [0.15, 0.2) is 0 Å². The van der Waals surface area contributed by atoms with Gasteiger partial charge in [0, 0.05) is 43.3 Å². The number of carbonyl (C=O) groups is 2. The van der Waals surface area contributed by atoms with Crippen LogP contribution in [0.2, 0.25) is 5.02 Å². The predicted molar refractivity (Wildman–Crippen MR) is 109 cm³/mol. The number of rotatable bonds is 4. The van der Waals surface area contributed by atoms with Gasteiger partial charge in [-0.1, -0.05) is 25.4 Å². The van der Waals surface area contributed by atoms with Gasteiger partial charge in [-0.2, -0.15) is 0 Å². The highest BCUT2D eigenvalue weighted by Crippen LogP contribution is 2.31. The molecule has 1 saturated heterocycles. The third-order valence-electron chi connectivity index (χ3n) is 5.39. The summed E-state index contributed by atoms with van der Waals surface area (Å²) in [4.78, 5) is 29.1. The molecule has 2 heterocycles. The number of amides is 3. The van der Waals surface area contributed by atoms with Crippen LogP contribution in [-0.4, -0.2) is 43.0 Å². The maximum absolute atomic E-state index is 13.0. The van der Waals surface area contributed by atoms with Crippen molar-refractivity contribution < 1.29 is 9.59 Å². The summed E-state index contributed by atoms with van der Waals surface area (Å²) in [5, 5.41) is 3.71. The monoisotopic (exact) mass is 391 g/mol. The van der Waals surface area contributed by atoms with Gasteiger partial charge >= 0.3 is 6.03 Å². The molecular formula is C21H30ClN3O2. The van der Waals surface area contributed by atoms with Crippen LogP contribution in [-0.2, 0) is 11.2 Å². The number of aryl methyl sites for hydroxylation is 1. The maximum atomic E-state index is 13.0. The summed E-state index contributed by atoms with van der Waals surface area (Å²) in [6.45, 7) is 7.06. The first kappa shape index (κ1) is 20.0. The molecule has 1 atom stereocenters. The number of fused-ring (bicyclic) bond motifs is 1. The van der Waals surface area contributed by atoms with E-state index in [9.17, 15) is 9.59 Å². The Labute approximate surface area is 167 Å². The molecule has 2 aliphatic rings. The lowest BCUT2D eigenvalue weighted by atomic mass is 9.93. The Morgan fingerprint density at radius 3 is 2.85 bits per heavy atom. The van der Waals surface area contributed by atoms with Crippen molar-refractivity contribution in [3.05, 3.63) is 28.8 Å². The smallest absolute Gasteiger partial charge is 0.317 e. The fourth-order valence-corrected chi connectivity index (χ4v) is 4.20. The molecular weight excluding hydrogens is 362 g/mol. The molecule has 2 aliphatic heterocycles. The zero-order chi connectivity index (χ0) is 19.4. The van der Waals surface area contributed by atoms with Gasteiger partial charge in [-0.15, -0.1) is 0 Å². The molecule has 0 bridgehead atoms. The van der Waals surface area contributed by atoms with Crippen LogP contribution >= 0.6 is 11.6 Å². The van der Waals surface area contributed by atoms with Crippen LogP contribution < -0.4 is 10.2 Å². The molecule has 0 spiro atoms. The van der Waals surface area contributed by atoms with E-state index in [1.807, 2.05) is 28.0 Å². The number of hydrogen-bond acceptors (Lipinski definition) is 2. The highest BCUT2D eigenvalue weighted by molar-refractivity contribution is 6.30. The van der Waals surface area contributed by atoms with Crippen molar-refractivity contribution >= 4 is 29.2 Å². The summed E-state index contributed by atoms with van der Waals surface area (Å²) in [5.41, 5.74) is 2.15. The van der Waals surface area contributed by atoms with E-state index < -0.39 is 0 Å². The van der Waals surface area contributed by atoms with Crippen molar-refractivity contribution in [3.8, 4) is 0 Å². The minimum absolute atomic E-state index is 0.00110. The van der Waals surface area contributed by atoms with Crippen LogP contribution in [0.3, 0.4) is 0 Å². The van der Waals surface area contributed by atoms with Gasteiger partial charge in [-0.25, -0.2) is 4.79 Å². The van der Waals surface area contributed by atoms with Crippen molar-refractivity contribution in [1.82, 2.24) is 10.2 Å². The number of benzene rings is 1. The lowest BCUT2D eigenvalue weighted by Gasteiger charge is -2.35. The second-order valence-electron chi connectivity index (χ2n) is 8.16.